The molecule has 1 amide bonds. The Morgan fingerprint density at radius 2 is 2.31 bits per heavy atom. The van der Waals surface area contributed by atoms with E-state index in [1.165, 1.54) is 12.8 Å². The zero-order valence-electron chi connectivity index (χ0n) is 10.7. The van der Waals surface area contributed by atoms with Gasteiger partial charge in [-0.1, -0.05) is 6.42 Å². The molecule has 0 aliphatic carbocycles. The number of piperidine rings is 1. The van der Waals surface area contributed by atoms with Gasteiger partial charge in [0, 0.05) is 26.6 Å². The Balaban J connectivity index is 2.32. The van der Waals surface area contributed by atoms with Crippen LogP contribution in [0.1, 0.15) is 32.6 Å². The monoisotopic (exact) mass is 228 g/mol. The van der Waals surface area contributed by atoms with Crippen LogP contribution in [0.2, 0.25) is 0 Å². The van der Waals surface area contributed by atoms with Crippen molar-refractivity contribution in [2.24, 2.45) is 0 Å². The quantitative estimate of drug-likeness (QED) is 0.763. The molecule has 4 heteroatoms. The highest BCUT2D eigenvalue weighted by molar-refractivity contribution is 5.76. The summed E-state index contributed by atoms with van der Waals surface area (Å²) in [7, 11) is 3.52. The predicted octanol–water partition coefficient (Wildman–Crippen LogP) is 1.01. The van der Waals surface area contributed by atoms with Crippen molar-refractivity contribution in [1.29, 1.82) is 0 Å². The lowest BCUT2D eigenvalue weighted by Gasteiger charge is -2.28. The van der Waals surface area contributed by atoms with Crippen LogP contribution in [-0.4, -0.2) is 50.2 Å². The van der Waals surface area contributed by atoms with Gasteiger partial charge in [0.05, 0.1) is 12.6 Å². The third-order valence-electron chi connectivity index (χ3n) is 3.30. The van der Waals surface area contributed by atoms with Gasteiger partial charge in [-0.3, -0.25) is 4.79 Å². The minimum Gasteiger partial charge on any atom is -0.383 e. The number of hydrogen-bond acceptors (Lipinski definition) is 3. The molecule has 1 aliphatic heterocycles. The van der Waals surface area contributed by atoms with E-state index in [0.717, 1.165) is 13.0 Å². The summed E-state index contributed by atoms with van der Waals surface area (Å²) < 4.78 is 5.06. The largest absolute Gasteiger partial charge is 0.383 e. The van der Waals surface area contributed by atoms with Gasteiger partial charge in [-0.25, -0.2) is 0 Å². The van der Waals surface area contributed by atoms with Crippen molar-refractivity contribution < 1.29 is 9.53 Å². The molecule has 94 valence electrons. The van der Waals surface area contributed by atoms with Crippen molar-refractivity contribution in [2.45, 2.75) is 44.7 Å². The Morgan fingerprint density at radius 3 is 2.88 bits per heavy atom. The molecule has 0 spiro atoms. The summed E-state index contributed by atoms with van der Waals surface area (Å²) in [4.78, 5) is 13.7. The number of carbonyl (C=O) groups excluding carboxylic acids is 1. The lowest BCUT2D eigenvalue weighted by Crippen LogP contribution is -2.43. The van der Waals surface area contributed by atoms with Gasteiger partial charge in [0.1, 0.15) is 0 Å². The highest BCUT2D eigenvalue weighted by atomic mass is 16.5. The molecule has 4 nitrogen and oxygen atoms in total. The third-order valence-corrected chi connectivity index (χ3v) is 3.30. The minimum atomic E-state index is 0.154. The molecule has 2 unspecified atom stereocenters. The average molecular weight is 228 g/mol. The molecule has 1 fully saturated rings. The number of methoxy groups -OCH3 is 1. The summed E-state index contributed by atoms with van der Waals surface area (Å²) in [6.45, 7) is 3.66. The van der Waals surface area contributed by atoms with Gasteiger partial charge < -0.3 is 15.0 Å². The molecule has 1 aliphatic rings. The van der Waals surface area contributed by atoms with Crippen molar-refractivity contribution >= 4 is 5.91 Å². The maximum absolute atomic E-state index is 12.0. The second-order valence-electron chi connectivity index (χ2n) is 4.66. The number of nitrogens with zero attached hydrogens (tertiary/aromatic N) is 1. The number of likely N-dealkylation sites (N-methyl/N-ethyl adjacent to an activating group) is 1. The number of hydrogen-bond donors (Lipinski definition) is 1. The standard InChI is InChI=1S/C12H24N2O2/c1-10(9-16-3)14(2)12(15)8-11-6-4-5-7-13-11/h10-11,13H,4-9H2,1-3H3. The Bertz CT molecular complexity index is 215. The summed E-state index contributed by atoms with van der Waals surface area (Å²) >= 11 is 0. The van der Waals surface area contributed by atoms with E-state index in [4.69, 9.17) is 4.74 Å². The zero-order valence-corrected chi connectivity index (χ0v) is 10.7. The van der Waals surface area contributed by atoms with E-state index in [-0.39, 0.29) is 11.9 Å². The molecule has 0 radical (unpaired) electrons. The normalized spacial score (nSPS) is 22.8. The number of carbonyl (C=O) groups is 1. The maximum Gasteiger partial charge on any atom is 0.224 e. The van der Waals surface area contributed by atoms with Crippen LogP contribution in [0.4, 0.5) is 0 Å². The highest BCUT2D eigenvalue weighted by Gasteiger charge is 2.21. The van der Waals surface area contributed by atoms with Crippen LogP contribution in [0, 0.1) is 0 Å². The fourth-order valence-electron chi connectivity index (χ4n) is 2.05. The third kappa shape index (κ3) is 4.10. The van der Waals surface area contributed by atoms with Crippen LogP contribution in [0.25, 0.3) is 0 Å². The van der Waals surface area contributed by atoms with Gasteiger partial charge in [-0.05, 0) is 26.3 Å². The van der Waals surface area contributed by atoms with Crippen molar-refractivity contribution in [3.8, 4) is 0 Å². The first-order valence-electron chi connectivity index (χ1n) is 6.13. The first-order chi connectivity index (χ1) is 7.65. The van der Waals surface area contributed by atoms with E-state index in [2.05, 4.69) is 5.32 Å². The molecule has 0 bridgehead atoms. The fourth-order valence-corrected chi connectivity index (χ4v) is 2.05. The number of ether oxygens (including phenoxy) is 1. The van der Waals surface area contributed by atoms with E-state index in [0.29, 0.717) is 19.1 Å². The molecular weight excluding hydrogens is 204 g/mol. The summed E-state index contributed by atoms with van der Waals surface area (Å²) in [6.07, 6.45) is 4.21. The van der Waals surface area contributed by atoms with Gasteiger partial charge >= 0.3 is 0 Å². The van der Waals surface area contributed by atoms with Gasteiger partial charge in [0.2, 0.25) is 5.91 Å². The molecule has 1 heterocycles. The smallest absolute Gasteiger partial charge is 0.224 e. The van der Waals surface area contributed by atoms with E-state index in [9.17, 15) is 4.79 Å². The number of amides is 1. The molecular formula is C12H24N2O2. The van der Waals surface area contributed by atoms with E-state index in [1.54, 1.807) is 12.0 Å². The number of nitrogens with one attached hydrogen (secondary N) is 1. The first kappa shape index (κ1) is 13.5. The summed E-state index contributed by atoms with van der Waals surface area (Å²) in [6, 6.07) is 0.527. The van der Waals surface area contributed by atoms with Crippen LogP contribution in [-0.2, 0) is 9.53 Å². The lowest BCUT2D eigenvalue weighted by molar-refractivity contribution is -0.133. The van der Waals surface area contributed by atoms with E-state index in [1.807, 2.05) is 14.0 Å². The molecule has 1 saturated heterocycles. The highest BCUT2D eigenvalue weighted by Crippen LogP contribution is 2.12. The van der Waals surface area contributed by atoms with Gasteiger partial charge in [-0.15, -0.1) is 0 Å². The van der Waals surface area contributed by atoms with Gasteiger partial charge in [-0.2, -0.15) is 0 Å². The van der Waals surface area contributed by atoms with Crippen molar-refractivity contribution in [3.63, 3.8) is 0 Å². The predicted molar refractivity (Wildman–Crippen MR) is 64.4 cm³/mol. The minimum absolute atomic E-state index is 0.154. The van der Waals surface area contributed by atoms with Crippen LogP contribution in [0.5, 0.6) is 0 Å². The zero-order chi connectivity index (χ0) is 12.0. The molecule has 1 N–H and O–H groups in total. The van der Waals surface area contributed by atoms with Crippen LogP contribution >= 0.6 is 0 Å². The van der Waals surface area contributed by atoms with Crippen LogP contribution in [0.3, 0.4) is 0 Å². The summed E-state index contributed by atoms with van der Waals surface area (Å²) in [5.74, 6) is 0.212. The summed E-state index contributed by atoms with van der Waals surface area (Å²) in [5.41, 5.74) is 0. The van der Waals surface area contributed by atoms with Crippen LogP contribution < -0.4 is 5.32 Å². The van der Waals surface area contributed by atoms with E-state index >= 15 is 0 Å². The topological polar surface area (TPSA) is 41.6 Å². The van der Waals surface area contributed by atoms with E-state index < -0.39 is 0 Å². The van der Waals surface area contributed by atoms with Crippen molar-refractivity contribution in [3.05, 3.63) is 0 Å². The second-order valence-corrected chi connectivity index (χ2v) is 4.66. The Morgan fingerprint density at radius 1 is 1.56 bits per heavy atom. The SMILES string of the molecule is COCC(C)N(C)C(=O)CC1CCCCN1. The fraction of sp³-hybridized carbons (Fsp3) is 0.917. The van der Waals surface area contributed by atoms with Crippen molar-refractivity contribution in [2.75, 3.05) is 27.3 Å². The summed E-state index contributed by atoms with van der Waals surface area (Å²) in [5, 5.41) is 3.40. The number of rotatable bonds is 5. The van der Waals surface area contributed by atoms with Crippen LogP contribution in [0.15, 0.2) is 0 Å². The maximum atomic E-state index is 12.0. The average Bonchev–Trinajstić information content (AvgIpc) is 2.29. The Labute approximate surface area is 98.3 Å². The van der Waals surface area contributed by atoms with Crippen molar-refractivity contribution in [1.82, 2.24) is 10.2 Å². The lowest BCUT2D eigenvalue weighted by atomic mass is 10.0. The molecule has 0 aromatic carbocycles. The second kappa shape index (κ2) is 6.86. The van der Waals surface area contributed by atoms with Gasteiger partial charge in [0.15, 0.2) is 0 Å². The molecule has 0 saturated carbocycles. The molecule has 0 aromatic rings. The Hall–Kier alpha value is -0.610. The molecule has 2 atom stereocenters. The van der Waals surface area contributed by atoms with Gasteiger partial charge in [0.25, 0.3) is 0 Å². The molecule has 1 rings (SSSR count). The molecule has 16 heavy (non-hydrogen) atoms. The Kier molecular flexibility index (Phi) is 5.77. The first-order valence-corrected chi connectivity index (χ1v) is 6.13. The molecule has 0 aromatic heterocycles.